The van der Waals surface area contributed by atoms with Crippen molar-refractivity contribution in [3.63, 3.8) is 0 Å². The molecule has 2 aromatic carbocycles. The second-order valence-corrected chi connectivity index (χ2v) is 9.95. The van der Waals surface area contributed by atoms with Crippen LogP contribution in [-0.2, 0) is 13.1 Å². The third-order valence-corrected chi connectivity index (χ3v) is 7.42. The van der Waals surface area contributed by atoms with E-state index in [0.717, 1.165) is 54.3 Å². The number of fused-ring (bicyclic) bond motifs is 1. The Morgan fingerprint density at radius 2 is 1.94 bits per heavy atom. The first-order valence-electron chi connectivity index (χ1n) is 12.8. The van der Waals surface area contributed by atoms with Crippen LogP contribution in [-0.4, -0.2) is 29.6 Å². The Morgan fingerprint density at radius 1 is 1.17 bits per heavy atom. The first kappa shape index (κ1) is 25.8. The topological polar surface area (TPSA) is 101 Å². The molecule has 7 nitrogen and oxygen atoms in total. The van der Waals surface area contributed by atoms with Crippen LogP contribution in [0.1, 0.15) is 66.1 Å². The molecule has 1 aliphatic heterocycles. The van der Waals surface area contributed by atoms with Crippen LogP contribution < -0.4 is 26.9 Å². The van der Waals surface area contributed by atoms with Crippen LogP contribution in [0.2, 0.25) is 0 Å². The summed E-state index contributed by atoms with van der Waals surface area (Å²) in [6.45, 7) is 10.8. The predicted molar refractivity (Wildman–Crippen MR) is 147 cm³/mol. The molecule has 0 spiro atoms. The molecule has 2 atom stereocenters. The number of aromatic nitrogens is 1. The third kappa shape index (κ3) is 5.27. The molecule has 0 aliphatic carbocycles. The summed E-state index contributed by atoms with van der Waals surface area (Å²) >= 11 is 0. The molecule has 0 radical (unpaired) electrons. The average Bonchev–Trinajstić information content (AvgIpc) is 3.02. The van der Waals surface area contributed by atoms with Crippen molar-refractivity contribution in [2.75, 3.05) is 24.3 Å². The van der Waals surface area contributed by atoms with Crippen LogP contribution in [0, 0.1) is 13.8 Å². The molecule has 1 aromatic heterocycles. The number of nitrogens with two attached hydrogens (primary N) is 2. The minimum atomic E-state index is -0.0993. The molecular weight excluding hydrogens is 450 g/mol. The first-order chi connectivity index (χ1) is 17.2. The van der Waals surface area contributed by atoms with Gasteiger partial charge >= 0.3 is 0 Å². The number of nitrogens with zero attached hydrogens (tertiary/aromatic N) is 2. The van der Waals surface area contributed by atoms with Gasteiger partial charge in [0.1, 0.15) is 11.9 Å². The van der Waals surface area contributed by atoms with Crippen molar-refractivity contribution in [1.82, 2.24) is 9.88 Å². The molecule has 3 aromatic rings. The van der Waals surface area contributed by atoms with Gasteiger partial charge in [-0.25, -0.2) is 5.84 Å². The van der Waals surface area contributed by atoms with Crippen molar-refractivity contribution in [3.8, 4) is 5.75 Å². The van der Waals surface area contributed by atoms with E-state index in [9.17, 15) is 4.79 Å². The standard InChI is InChI=1S/C29H39N5O2/c1-6-22-16-34(17-25-27(36-22)12-13-28(35)32-25)15-21-14-20(9-8-18(21)3)23(7-2)24-10-11-26(33(5)31)29(30)19(24)4/h8-14,22-23H,6-7,15-17,30-31H2,1-5H3,(H,32,35). The van der Waals surface area contributed by atoms with E-state index in [0.29, 0.717) is 6.54 Å². The maximum Gasteiger partial charge on any atom is 0.248 e. The van der Waals surface area contributed by atoms with Gasteiger partial charge in [0, 0.05) is 38.7 Å². The van der Waals surface area contributed by atoms with Crippen LogP contribution in [0.4, 0.5) is 11.4 Å². The summed E-state index contributed by atoms with van der Waals surface area (Å²) < 4.78 is 6.21. The fraction of sp³-hybridized carbons (Fsp3) is 0.414. The normalized spacial score (nSPS) is 16.7. The number of nitrogen functional groups attached to an aromatic ring is 1. The van der Waals surface area contributed by atoms with Crippen LogP contribution >= 0.6 is 0 Å². The van der Waals surface area contributed by atoms with Gasteiger partial charge in [0.05, 0.1) is 17.1 Å². The van der Waals surface area contributed by atoms with Gasteiger partial charge in [-0.1, -0.05) is 38.1 Å². The van der Waals surface area contributed by atoms with Crippen LogP contribution in [0.3, 0.4) is 0 Å². The van der Waals surface area contributed by atoms with Crippen LogP contribution in [0.15, 0.2) is 47.3 Å². The Morgan fingerprint density at radius 3 is 2.64 bits per heavy atom. The predicted octanol–water partition coefficient (Wildman–Crippen LogP) is 4.60. The highest BCUT2D eigenvalue weighted by atomic mass is 16.5. The number of nitrogens with one attached hydrogen (secondary N) is 1. The molecule has 192 valence electrons. The number of H-pyrrole nitrogens is 1. The summed E-state index contributed by atoms with van der Waals surface area (Å²) in [5.74, 6) is 6.98. The zero-order valence-corrected chi connectivity index (χ0v) is 22.1. The number of rotatable bonds is 7. The summed E-state index contributed by atoms with van der Waals surface area (Å²) in [5.41, 5.74) is 14.9. The van der Waals surface area contributed by atoms with E-state index in [4.69, 9.17) is 16.3 Å². The lowest BCUT2D eigenvalue weighted by molar-refractivity contribution is 0.139. The van der Waals surface area contributed by atoms with E-state index < -0.39 is 0 Å². The number of pyridine rings is 1. The number of hydrogen-bond acceptors (Lipinski definition) is 6. The van der Waals surface area contributed by atoms with Crippen molar-refractivity contribution < 1.29 is 4.74 Å². The fourth-order valence-corrected chi connectivity index (χ4v) is 5.23. The summed E-state index contributed by atoms with van der Waals surface area (Å²) in [6.07, 6.45) is 1.94. The van der Waals surface area contributed by atoms with Crippen molar-refractivity contribution in [2.45, 2.75) is 65.6 Å². The largest absolute Gasteiger partial charge is 0.487 e. The SMILES string of the molecule is CCC1CN(Cc2cc(C(CC)c3ccc(N(C)N)c(N)c3C)ccc2C)Cc2[nH]c(=O)ccc2O1. The number of aromatic amines is 1. The Labute approximate surface area is 214 Å². The van der Waals surface area contributed by atoms with Gasteiger partial charge in [-0.2, -0.15) is 0 Å². The zero-order valence-electron chi connectivity index (χ0n) is 22.1. The fourth-order valence-electron chi connectivity index (χ4n) is 5.23. The van der Waals surface area contributed by atoms with Gasteiger partial charge < -0.3 is 20.5 Å². The van der Waals surface area contributed by atoms with E-state index >= 15 is 0 Å². The molecule has 0 saturated heterocycles. The average molecular weight is 490 g/mol. The minimum absolute atomic E-state index is 0.0776. The number of anilines is 2. The molecule has 0 saturated carbocycles. The Bertz CT molecular complexity index is 1280. The highest BCUT2D eigenvalue weighted by molar-refractivity contribution is 5.72. The molecule has 36 heavy (non-hydrogen) atoms. The lowest BCUT2D eigenvalue weighted by Crippen LogP contribution is -2.32. The highest BCUT2D eigenvalue weighted by Gasteiger charge is 2.24. The summed E-state index contributed by atoms with van der Waals surface area (Å²) in [7, 11) is 1.80. The molecule has 4 rings (SSSR count). The van der Waals surface area contributed by atoms with Crippen molar-refractivity contribution in [1.29, 1.82) is 0 Å². The quantitative estimate of drug-likeness (QED) is 0.255. The van der Waals surface area contributed by atoms with E-state index in [-0.39, 0.29) is 17.6 Å². The molecular formula is C29H39N5O2. The Balaban J connectivity index is 1.65. The smallest absolute Gasteiger partial charge is 0.248 e. The second-order valence-electron chi connectivity index (χ2n) is 9.95. The third-order valence-electron chi connectivity index (χ3n) is 7.42. The zero-order chi connectivity index (χ0) is 26.0. The number of benzene rings is 2. The van der Waals surface area contributed by atoms with Gasteiger partial charge in [0.2, 0.25) is 5.56 Å². The molecule has 0 bridgehead atoms. The Kier molecular flexibility index (Phi) is 7.71. The number of hydrazine groups is 1. The minimum Gasteiger partial charge on any atom is -0.487 e. The highest BCUT2D eigenvalue weighted by Crippen LogP contribution is 2.37. The lowest BCUT2D eigenvalue weighted by atomic mass is 9.84. The Hall–Kier alpha value is -3.29. The number of aryl methyl sites for hydroxylation is 1. The van der Waals surface area contributed by atoms with Crippen molar-refractivity contribution in [2.24, 2.45) is 5.84 Å². The molecule has 2 heterocycles. The monoisotopic (exact) mass is 489 g/mol. The first-order valence-corrected chi connectivity index (χ1v) is 12.8. The van der Waals surface area contributed by atoms with E-state index in [2.05, 4.69) is 61.8 Å². The maximum absolute atomic E-state index is 12.0. The number of ether oxygens (including phenoxy) is 1. The van der Waals surface area contributed by atoms with Crippen LogP contribution in [0.5, 0.6) is 5.75 Å². The molecule has 0 amide bonds. The molecule has 7 heteroatoms. The summed E-state index contributed by atoms with van der Waals surface area (Å²) in [6, 6.07) is 14.3. The van der Waals surface area contributed by atoms with Gasteiger partial charge in [0.15, 0.2) is 0 Å². The van der Waals surface area contributed by atoms with E-state index in [1.807, 2.05) is 6.07 Å². The van der Waals surface area contributed by atoms with Crippen LogP contribution in [0.25, 0.3) is 0 Å². The van der Waals surface area contributed by atoms with Crippen molar-refractivity contribution in [3.05, 3.63) is 86.3 Å². The van der Waals surface area contributed by atoms with Gasteiger partial charge in [0.25, 0.3) is 0 Å². The second kappa shape index (κ2) is 10.8. The van der Waals surface area contributed by atoms with Crippen molar-refractivity contribution >= 4 is 11.4 Å². The summed E-state index contributed by atoms with van der Waals surface area (Å²) in [4.78, 5) is 17.3. The van der Waals surface area contributed by atoms with Gasteiger partial charge in [-0.05, 0) is 66.6 Å². The molecule has 2 unspecified atom stereocenters. The number of hydrogen-bond donors (Lipinski definition) is 3. The van der Waals surface area contributed by atoms with Gasteiger partial charge in [-0.15, -0.1) is 0 Å². The van der Waals surface area contributed by atoms with E-state index in [1.54, 1.807) is 18.1 Å². The molecule has 5 N–H and O–H groups in total. The maximum atomic E-state index is 12.0. The molecule has 0 fully saturated rings. The van der Waals surface area contributed by atoms with E-state index in [1.165, 1.54) is 28.3 Å². The van der Waals surface area contributed by atoms with Gasteiger partial charge in [-0.3, -0.25) is 9.69 Å². The summed E-state index contributed by atoms with van der Waals surface area (Å²) in [5, 5.41) is 1.57. The molecule has 1 aliphatic rings. The lowest BCUT2D eigenvalue weighted by Gasteiger charge is -2.26.